The first-order chi connectivity index (χ1) is 12.2. The molecule has 0 amide bonds. The van der Waals surface area contributed by atoms with Crippen LogP contribution in [0.25, 0.3) is 26.4 Å². The number of hydrogen-bond donors (Lipinski definition) is 3. The van der Waals surface area contributed by atoms with Gasteiger partial charge in [-0.3, -0.25) is 4.40 Å². The molecule has 0 aliphatic heterocycles. The summed E-state index contributed by atoms with van der Waals surface area (Å²) in [7, 11) is 0. The monoisotopic (exact) mass is 354 g/mol. The largest absolute Gasteiger partial charge is 0.394 e. The Labute approximate surface area is 148 Å². The van der Waals surface area contributed by atoms with Crippen LogP contribution in [0.4, 0.5) is 5.82 Å². The van der Waals surface area contributed by atoms with Crippen LogP contribution in [0.3, 0.4) is 0 Å². The highest BCUT2D eigenvalue weighted by Gasteiger charge is 2.16. The van der Waals surface area contributed by atoms with Gasteiger partial charge < -0.3 is 15.5 Å². The van der Waals surface area contributed by atoms with Gasteiger partial charge in [0.25, 0.3) is 0 Å². The van der Waals surface area contributed by atoms with E-state index in [1.807, 2.05) is 31.3 Å². The van der Waals surface area contributed by atoms with Crippen LogP contribution < -0.4 is 5.32 Å². The third kappa shape index (κ3) is 2.86. The lowest BCUT2D eigenvalue weighted by atomic mass is 10.2. The molecule has 0 radical (unpaired) electrons. The van der Waals surface area contributed by atoms with Crippen molar-refractivity contribution in [1.29, 1.82) is 0 Å². The van der Waals surface area contributed by atoms with Crippen LogP contribution >= 0.6 is 11.3 Å². The van der Waals surface area contributed by atoms with Crippen LogP contribution in [-0.2, 0) is 0 Å². The van der Waals surface area contributed by atoms with Crippen molar-refractivity contribution in [2.75, 3.05) is 18.5 Å². The molecular formula is C18H18N4O2S. The second-order valence-electron chi connectivity index (χ2n) is 5.90. The Morgan fingerprint density at radius 3 is 2.84 bits per heavy atom. The Morgan fingerprint density at radius 2 is 2.08 bits per heavy atom. The first kappa shape index (κ1) is 16.0. The number of aromatic nitrogens is 3. The van der Waals surface area contributed by atoms with Crippen molar-refractivity contribution >= 4 is 33.1 Å². The zero-order valence-electron chi connectivity index (χ0n) is 13.7. The number of rotatable bonds is 5. The molecule has 128 valence electrons. The number of imidazole rings is 1. The third-order valence-electron chi connectivity index (χ3n) is 4.05. The Bertz CT molecular complexity index is 1030. The molecular weight excluding hydrogens is 336 g/mol. The molecule has 3 N–H and O–H groups in total. The quantitative estimate of drug-likeness (QED) is 0.513. The van der Waals surface area contributed by atoms with Gasteiger partial charge in [0.15, 0.2) is 11.5 Å². The minimum atomic E-state index is -0.837. The average molecular weight is 354 g/mol. The highest BCUT2D eigenvalue weighted by atomic mass is 32.1. The van der Waals surface area contributed by atoms with Crippen LogP contribution in [0.1, 0.15) is 5.69 Å². The fraction of sp³-hybridized carbons (Fsp3) is 0.222. The number of anilines is 1. The van der Waals surface area contributed by atoms with Crippen molar-refractivity contribution in [3.8, 4) is 10.4 Å². The van der Waals surface area contributed by atoms with Crippen molar-refractivity contribution in [1.82, 2.24) is 14.4 Å². The number of aliphatic hydroxyl groups excluding tert-OH is 2. The first-order valence-electron chi connectivity index (χ1n) is 8.03. The van der Waals surface area contributed by atoms with Crippen molar-refractivity contribution in [3.63, 3.8) is 0 Å². The summed E-state index contributed by atoms with van der Waals surface area (Å²) in [5.74, 6) is 0.602. The van der Waals surface area contributed by atoms with Crippen molar-refractivity contribution < 1.29 is 10.2 Å². The molecule has 6 nitrogen and oxygen atoms in total. The summed E-state index contributed by atoms with van der Waals surface area (Å²) in [5, 5.41) is 21.7. The third-order valence-corrected chi connectivity index (χ3v) is 5.21. The van der Waals surface area contributed by atoms with E-state index in [9.17, 15) is 5.11 Å². The lowest BCUT2D eigenvalue weighted by Gasteiger charge is -2.11. The van der Waals surface area contributed by atoms with Gasteiger partial charge in [0.2, 0.25) is 0 Å². The summed E-state index contributed by atoms with van der Waals surface area (Å²) in [6.45, 7) is 1.93. The van der Waals surface area contributed by atoms with Gasteiger partial charge in [-0.1, -0.05) is 30.3 Å². The smallest absolute Gasteiger partial charge is 0.181 e. The highest BCUT2D eigenvalue weighted by Crippen LogP contribution is 2.35. The van der Waals surface area contributed by atoms with E-state index >= 15 is 0 Å². The molecule has 25 heavy (non-hydrogen) atoms. The number of aryl methyl sites for hydroxylation is 1. The molecule has 4 rings (SSSR count). The Kier molecular flexibility index (Phi) is 4.12. The van der Waals surface area contributed by atoms with Gasteiger partial charge in [-0.05, 0) is 18.6 Å². The van der Waals surface area contributed by atoms with E-state index in [1.54, 1.807) is 11.3 Å². The molecule has 1 unspecified atom stereocenters. The molecule has 0 saturated heterocycles. The molecule has 0 aliphatic carbocycles. The van der Waals surface area contributed by atoms with E-state index in [-0.39, 0.29) is 13.2 Å². The second-order valence-corrected chi connectivity index (χ2v) is 6.93. The molecule has 3 heterocycles. The zero-order chi connectivity index (χ0) is 17.4. The van der Waals surface area contributed by atoms with Crippen molar-refractivity contribution in [3.05, 3.63) is 48.3 Å². The van der Waals surface area contributed by atoms with E-state index in [1.165, 1.54) is 0 Å². The number of nitrogens with one attached hydrogen (secondary N) is 1. The van der Waals surface area contributed by atoms with E-state index in [4.69, 9.17) is 10.1 Å². The van der Waals surface area contributed by atoms with Gasteiger partial charge >= 0.3 is 0 Å². The van der Waals surface area contributed by atoms with Gasteiger partial charge in [0, 0.05) is 23.3 Å². The van der Waals surface area contributed by atoms with Crippen molar-refractivity contribution in [2.45, 2.75) is 13.0 Å². The van der Waals surface area contributed by atoms with Crippen LogP contribution in [-0.4, -0.2) is 43.8 Å². The molecule has 7 heteroatoms. The van der Waals surface area contributed by atoms with E-state index in [2.05, 4.69) is 32.9 Å². The maximum absolute atomic E-state index is 9.60. The standard InChI is InChI=1S/C18H18N4O2S/c1-11-8-20-17-16(19-9-13(24)10-23)21-14-7-15(25-18(14)22(11)17)12-5-3-2-4-6-12/h2-8,13,23-24H,9-10H2,1H3,(H,19,21). The molecule has 0 fully saturated rings. The number of nitrogens with zero attached hydrogens (tertiary/aromatic N) is 3. The summed E-state index contributed by atoms with van der Waals surface area (Å²) in [6, 6.07) is 12.3. The predicted octanol–water partition coefficient (Wildman–Crippen LogP) is 2.68. The van der Waals surface area contributed by atoms with E-state index in [0.717, 1.165) is 32.1 Å². The maximum atomic E-state index is 9.60. The Morgan fingerprint density at radius 1 is 1.28 bits per heavy atom. The number of aliphatic hydroxyl groups is 2. The topological polar surface area (TPSA) is 82.7 Å². The lowest BCUT2D eigenvalue weighted by Crippen LogP contribution is -2.23. The first-order valence-corrected chi connectivity index (χ1v) is 8.85. The van der Waals surface area contributed by atoms with E-state index in [0.29, 0.717) is 5.82 Å². The highest BCUT2D eigenvalue weighted by molar-refractivity contribution is 7.21. The fourth-order valence-electron chi connectivity index (χ4n) is 2.79. The van der Waals surface area contributed by atoms with Crippen molar-refractivity contribution in [2.24, 2.45) is 0 Å². The number of hydrogen-bond acceptors (Lipinski definition) is 6. The molecule has 3 aromatic heterocycles. The molecule has 0 bridgehead atoms. The van der Waals surface area contributed by atoms with E-state index < -0.39 is 6.10 Å². The zero-order valence-corrected chi connectivity index (χ0v) is 14.5. The fourth-order valence-corrected chi connectivity index (χ4v) is 3.95. The minimum Gasteiger partial charge on any atom is -0.394 e. The number of benzene rings is 1. The van der Waals surface area contributed by atoms with Crippen LogP contribution in [0.15, 0.2) is 42.6 Å². The van der Waals surface area contributed by atoms with Gasteiger partial charge in [0.05, 0.1) is 12.7 Å². The number of fused-ring (bicyclic) bond motifs is 3. The van der Waals surface area contributed by atoms with Gasteiger partial charge in [-0.25, -0.2) is 9.97 Å². The molecule has 0 spiro atoms. The summed E-state index contributed by atoms with van der Waals surface area (Å²) in [4.78, 5) is 11.3. The molecule has 4 aromatic rings. The van der Waals surface area contributed by atoms with Gasteiger partial charge in [-0.2, -0.15) is 0 Å². The molecule has 0 aliphatic rings. The van der Waals surface area contributed by atoms with Gasteiger partial charge in [-0.15, -0.1) is 11.3 Å². The Hall–Kier alpha value is -2.48. The normalized spacial score (nSPS) is 12.8. The number of thiophene rings is 1. The summed E-state index contributed by atoms with van der Waals surface area (Å²) in [5.41, 5.74) is 3.77. The predicted molar refractivity (Wildman–Crippen MR) is 100 cm³/mol. The SMILES string of the molecule is Cc1cnc2c(NCC(O)CO)nc3cc(-c4ccccc4)sc3n12. The molecule has 1 atom stereocenters. The lowest BCUT2D eigenvalue weighted by molar-refractivity contribution is 0.105. The van der Waals surface area contributed by atoms with Crippen LogP contribution in [0.2, 0.25) is 0 Å². The maximum Gasteiger partial charge on any atom is 0.181 e. The average Bonchev–Trinajstić information content (AvgIpc) is 3.23. The van der Waals surface area contributed by atoms with Crippen LogP contribution in [0.5, 0.6) is 0 Å². The van der Waals surface area contributed by atoms with Gasteiger partial charge in [0.1, 0.15) is 10.3 Å². The summed E-state index contributed by atoms with van der Waals surface area (Å²) < 4.78 is 2.08. The van der Waals surface area contributed by atoms with Crippen LogP contribution in [0, 0.1) is 6.92 Å². The minimum absolute atomic E-state index is 0.215. The second kappa shape index (κ2) is 6.44. The molecule has 0 saturated carbocycles. The molecule has 1 aromatic carbocycles. The summed E-state index contributed by atoms with van der Waals surface area (Å²) in [6.07, 6.45) is 0.974. The Balaban J connectivity index is 1.86. The summed E-state index contributed by atoms with van der Waals surface area (Å²) >= 11 is 1.68.